The number of ether oxygens (including phenoxy) is 1. The fraction of sp³-hybridized carbons (Fsp3) is 0.800. The van der Waals surface area contributed by atoms with E-state index < -0.39 is 0 Å². The van der Waals surface area contributed by atoms with E-state index in [-0.39, 0.29) is 5.38 Å². The van der Waals surface area contributed by atoms with Gasteiger partial charge < -0.3 is 4.74 Å². The molecule has 5 heteroatoms. The molecule has 0 aliphatic carbocycles. The third kappa shape index (κ3) is 4.62. The summed E-state index contributed by atoms with van der Waals surface area (Å²) in [6.45, 7) is 8.31. The summed E-state index contributed by atoms with van der Waals surface area (Å²) in [4.78, 5) is 0. The summed E-state index contributed by atoms with van der Waals surface area (Å²) in [5, 5.41) is 7.82. The van der Waals surface area contributed by atoms with Crippen LogP contribution in [0, 0.1) is 5.92 Å². The highest BCUT2D eigenvalue weighted by atomic mass is 35.5. The quantitative estimate of drug-likeness (QED) is 0.557. The average molecular weight is 232 g/mol. The van der Waals surface area contributed by atoms with Gasteiger partial charge in [0, 0.05) is 6.61 Å². The molecule has 0 aromatic carbocycles. The van der Waals surface area contributed by atoms with Gasteiger partial charge in [0.1, 0.15) is 5.69 Å². The van der Waals surface area contributed by atoms with Crippen LogP contribution in [0.5, 0.6) is 0 Å². The van der Waals surface area contributed by atoms with E-state index in [1.165, 1.54) is 0 Å². The van der Waals surface area contributed by atoms with Crippen molar-refractivity contribution in [3.63, 3.8) is 0 Å². The lowest BCUT2D eigenvalue weighted by atomic mass is 10.2. The van der Waals surface area contributed by atoms with E-state index in [1.54, 1.807) is 4.68 Å². The van der Waals surface area contributed by atoms with Gasteiger partial charge in [0.05, 0.1) is 24.7 Å². The fourth-order valence-electron chi connectivity index (χ4n) is 1.08. The van der Waals surface area contributed by atoms with Crippen molar-refractivity contribution in [1.29, 1.82) is 0 Å². The number of rotatable bonds is 6. The van der Waals surface area contributed by atoms with E-state index in [4.69, 9.17) is 16.3 Å². The molecule has 86 valence electrons. The van der Waals surface area contributed by atoms with Crippen LogP contribution in [-0.2, 0) is 11.3 Å². The second kappa shape index (κ2) is 6.08. The first-order valence-corrected chi connectivity index (χ1v) is 5.65. The second-order valence-electron chi connectivity index (χ2n) is 3.99. The van der Waals surface area contributed by atoms with Gasteiger partial charge in [-0.15, -0.1) is 16.7 Å². The summed E-state index contributed by atoms with van der Waals surface area (Å²) in [5.74, 6) is 0.569. The van der Waals surface area contributed by atoms with E-state index in [0.717, 1.165) is 18.8 Å². The fourth-order valence-corrected chi connectivity index (χ4v) is 1.18. The molecule has 0 aliphatic rings. The van der Waals surface area contributed by atoms with Crippen molar-refractivity contribution >= 4 is 11.6 Å². The number of aromatic nitrogens is 3. The zero-order valence-corrected chi connectivity index (χ0v) is 10.2. The molecule has 0 aliphatic heterocycles. The number of nitrogens with zero attached hydrogens (tertiary/aromatic N) is 3. The van der Waals surface area contributed by atoms with Crippen LogP contribution >= 0.6 is 11.6 Å². The molecule has 4 nitrogen and oxygen atoms in total. The Labute approximate surface area is 95.6 Å². The molecule has 0 saturated carbocycles. The van der Waals surface area contributed by atoms with Crippen LogP contribution in [0.25, 0.3) is 0 Å². The molecule has 0 spiro atoms. The summed E-state index contributed by atoms with van der Waals surface area (Å²) in [6, 6.07) is 0. The van der Waals surface area contributed by atoms with Crippen molar-refractivity contribution in [2.75, 3.05) is 13.2 Å². The lowest BCUT2D eigenvalue weighted by Crippen LogP contribution is -2.09. The Morgan fingerprint density at radius 2 is 2.20 bits per heavy atom. The smallest absolute Gasteiger partial charge is 0.100 e. The van der Waals surface area contributed by atoms with E-state index in [2.05, 4.69) is 24.2 Å². The monoisotopic (exact) mass is 231 g/mol. The van der Waals surface area contributed by atoms with Crippen LogP contribution in [0.4, 0.5) is 0 Å². The van der Waals surface area contributed by atoms with Crippen molar-refractivity contribution in [3.8, 4) is 0 Å². The normalized spacial score (nSPS) is 13.4. The van der Waals surface area contributed by atoms with Gasteiger partial charge >= 0.3 is 0 Å². The Balaban J connectivity index is 2.26. The van der Waals surface area contributed by atoms with Gasteiger partial charge in [0.25, 0.3) is 0 Å². The van der Waals surface area contributed by atoms with Crippen LogP contribution in [-0.4, -0.2) is 28.2 Å². The number of alkyl halides is 1. The molecule has 1 heterocycles. The molecule has 0 radical (unpaired) electrons. The predicted molar refractivity (Wildman–Crippen MR) is 59.9 cm³/mol. The minimum Gasteiger partial charge on any atom is -0.379 e. The van der Waals surface area contributed by atoms with Crippen molar-refractivity contribution in [2.45, 2.75) is 32.7 Å². The molecule has 1 atom stereocenters. The van der Waals surface area contributed by atoms with Crippen LogP contribution in [0.15, 0.2) is 6.20 Å². The van der Waals surface area contributed by atoms with Crippen LogP contribution in [0.1, 0.15) is 31.8 Å². The zero-order chi connectivity index (χ0) is 11.3. The van der Waals surface area contributed by atoms with Crippen molar-refractivity contribution in [1.82, 2.24) is 15.0 Å². The van der Waals surface area contributed by atoms with Gasteiger partial charge in [0.2, 0.25) is 0 Å². The second-order valence-corrected chi connectivity index (χ2v) is 4.65. The third-order valence-electron chi connectivity index (χ3n) is 1.88. The van der Waals surface area contributed by atoms with Crippen molar-refractivity contribution in [3.05, 3.63) is 11.9 Å². The largest absolute Gasteiger partial charge is 0.379 e. The Morgan fingerprint density at radius 1 is 1.47 bits per heavy atom. The van der Waals surface area contributed by atoms with Crippen LogP contribution < -0.4 is 0 Å². The number of halogens is 1. The molecular weight excluding hydrogens is 214 g/mol. The van der Waals surface area contributed by atoms with E-state index in [0.29, 0.717) is 12.5 Å². The van der Waals surface area contributed by atoms with E-state index in [1.807, 2.05) is 13.1 Å². The summed E-state index contributed by atoms with van der Waals surface area (Å²) in [6.07, 6.45) is 1.86. The van der Waals surface area contributed by atoms with Crippen molar-refractivity contribution in [2.24, 2.45) is 5.92 Å². The molecule has 0 saturated heterocycles. The molecule has 1 rings (SSSR count). The van der Waals surface area contributed by atoms with Gasteiger partial charge in [0.15, 0.2) is 0 Å². The van der Waals surface area contributed by atoms with Crippen LogP contribution in [0.3, 0.4) is 0 Å². The highest BCUT2D eigenvalue weighted by molar-refractivity contribution is 6.20. The Bertz CT molecular complexity index is 286. The molecule has 0 N–H and O–H groups in total. The maximum atomic E-state index is 5.87. The van der Waals surface area contributed by atoms with Gasteiger partial charge in [-0.2, -0.15) is 0 Å². The minimum absolute atomic E-state index is 0.0877. The molecule has 1 unspecified atom stereocenters. The standard InChI is InChI=1S/C10H18ClN3O/c1-8(2)7-15-5-4-14-6-10(9(3)11)12-13-14/h6,8-9H,4-5,7H2,1-3H3. The SMILES string of the molecule is CC(C)COCCn1cc(C(C)Cl)nn1. The lowest BCUT2D eigenvalue weighted by Gasteiger charge is -2.05. The first-order chi connectivity index (χ1) is 7.09. The predicted octanol–water partition coefficient (Wildman–Crippen LogP) is 2.25. The molecule has 1 aromatic rings. The summed E-state index contributed by atoms with van der Waals surface area (Å²) >= 11 is 5.87. The Kier molecular flexibility index (Phi) is 5.05. The molecular formula is C10H18ClN3O. The van der Waals surface area contributed by atoms with E-state index >= 15 is 0 Å². The van der Waals surface area contributed by atoms with Crippen LogP contribution in [0.2, 0.25) is 0 Å². The average Bonchev–Trinajstić information content (AvgIpc) is 2.60. The summed E-state index contributed by atoms with van der Waals surface area (Å²) in [7, 11) is 0. The maximum Gasteiger partial charge on any atom is 0.100 e. The van der Waals surface area contributed by atoms with Gasteiger partial charge in [-0.3, -0.25) is 0 Å². The molecule has 0 fully saturated rings. The first-order valence-electron chi connectivity index (χ1n) is 5.21. The summed E-state index contributed by atoms with van der Waals surface area (Å²) < 4.78 is 7.21. The van der Waals surface area contributed by atoms with Gasteiger partial charge in [-0.1, -0.05) is 19.1 Å². The number of hydrogen-bond acceptors (Lipinski definition) is 3. The summed E-state index contributed by atoms with van der Waals surface area (Å²) in [5.41, 5.74) is 0.806. The lowest BCUT2D eigenvalue weighted by molar-refractivity contribution is 0.101. The highest BCUT2D eigenvalue weighted by Gasteiger charge is 2.06. The molecule has 15 heavy (non-hydrogen) atoms. The Hall–Kier alpha value is -0.610. The topological polar surface area (TPSA) is 39.9 Å². The minimum atomic E-state index is -0.0877. The highest BCUT2D eigenvalue weighted by Crippen LogP contribution is 2.15. The van der Waals surface area contributed by atoms with Crippen molar-refractivity contribution < 1.29 is 4.74 Å². The zero-order valence-electron chi connectivity index (χ0n) is 9.48. The molecule has 0 bridgehead atoms. The number of hydrogen-bond donors (Lipinski definition) is 0. The van der Waals surface area contributed by atoms with Gasteiger partial charge in [-0.25, -0.2) is 4.68 Å². The maximum absolute atomic E-state index is 5.87. The Morgan fingerprint density at radius 3 is 2.73 bits per heavy atom. The third-order valence-corrected chi connectivity index (χ3v) is 2.10. The molecule has 1 aromatic heterocycles. The van der Waals surface area contributed by atoms with E-state index in [9.17, 15) is 0 Å². The van der Waals surface area contributed by atoms with Gasteiger partial charge in [-0.05, 0) is 12.8 Å². The first kappa shape index (κ1) is 12.5. The molecule has 0 amide bonds.